The minimum absolute atomic E-state index is 0.0627. The molecule has 1 amide bonds. The minimum Gasteiger partial charge on any atom is -0.466 e. The average molecular weight is 284 g/mol. The zero-order chi connectivity index (χ0) is 15.3. The summed E-state index contributed by atoms with van der Waals surface area (Å²) in [7, 11) is 2.02. The molecule has 2 atom stereocenters. The molecule has 0 aromatic carbocycles. The molecule has 1 rings (SSSR count). The predicted molar refractivity (Wildman–Crippen MR) is 78.2 cm³/mol. The van der Waals surface area contributed by atoms with E-state index in [1.807, 2.05) is 34.7 Å². The fraction of sp³-hybridized carbons (Fsp3) is 0.867. The monoisotopic (exact) mass is 284 g/mol. The Labute approximate surface area is 122 Å². The van der Waals surface area contributed by atoms with E-state index in [9.17, 15) is 9.59 Å². The van der Waals surface area contributed by atoms with E-state index in [-0.39, 0.29) is 29.3 Å². The van der Waals surface area contributed by atoms with Crippen LogP contribution in [0.5, 0.6) is 0 Å². The molecule has 1 fully saturated rings. The van der Waals surface area contributed by atoms with E-state index >= 15 is 0 Å². The maximum Gasteiger partial charge on any atom is 0.306 e. The van der Waals surface area contributed by atoms with Crippen molar-refractivity contribution in [3.05, 3.63) is 0 Å². The third-order valence-corrected chi connectivity index (χ3v) is 3.50. The Balaban J connectivity index is 2.53. The summed E-state index contributed by atoms with van der Waals surface area (Å²) in [6, 6.07) is 0.111. The van der Waals surface area contributed by atoms with Crippen molar-refractivity contribution in [1.29, 1.82) is 0 Å². The number of likely N-dealkylation sites (tertiary alicyclic amines) is 1. The number of amides is 1. The molecule has 0 spiro atoms. The molecule has 20 heavy (non-hydrogen) atoms. The van der Waals surface area contributed by atoms with Crippen LogP contribution in [-0.2, 0) is 14.3 Å². The van der Waals surface area contributed by atoms with Crippen molar-refractivity contribution in [1.82, 2.24) is 10.2 Å². The summed E-state index contributed by atoms with van der Waals surface area (Å²) >= 11 is 0. The molecule has 1 saturated heterocycles. The third-order valence-electron chi connectivity index (χ3n) is 3.50. The number of ether oxygens (including phenoxy) is 1. The van der Waals surface area contributed by atoms with Gasteiger partial charge in [-0.25, -0.2) is 0 Å². The Bertz CT molecular complexity index is 350. The average Bonchev–Trinajstić information content (AvgIpc) is 2.26. The van der Waals surface area contributed by atoms with Crippen LogP contribution in [0.2, 0.25) is 0 Å². The number of hydrogen-bond acceptors (Lipinski definition) is 4. The van der Waals surface area contributed by atoms with Crippen LogP contribution in [-0.4, -0.2) is 49.6 Å². The van der Waals surface area contributed by atoms with Gasteiger partial charge in [-0.05, 0) is 26.3 Å². The van der Waals surface area contributed by atoms with Gasteiger partial charge in [0.05, 0.1) is 6.61 Å². The number of carbonyl (C=O) groups excluding carboxylic acids is 2. The highest BCUT2D eigenvalue weighted by Gasteiger charge is 2.30. The lowest BCUT2D eigenvalue weighted by molar-refractivity contribution is -0.144. The second-order valence-electron chi connectivity index (χ2n) is 6.75. The number of nitrogens with zero attached hydrogens (tertiary/aromatic N) is 1. The molecule has 1 N–H and O–H groups in total. The van der Waals surface area contributed by atoms with E-state index < -0.39 is 0 Å². The summed E-state index contributed by atoms with van der Waals surface area (Å²) in [6.45, 7) is 9.67. The number of nitrogens with one attached hydrogen (secondary N) is 1. The van der Waals surface area contributed by atoms with Gasteiger partial charge in [0.2, 0.25) is 5.91 Å². The van der Waals surface area contributed by atoms with Gasteiger partial charge in [0, 0.05) is 31.0 Å². The van der Waals surface area contributed by atoms with Crippen LogP contribution in [0.25, 0.3) is 0 Å². The summed E-state index contributed by atoms with van der Waals surface area (Å²) in [5.41, 5.74) is -0.382. The Morgan fingerprint density at radius 1 is 1.30 bits per heavy atom. The van der Waals surface area contributed by atoms with Crippen LogP contribution < -0.4 is 5.32 Å². The summed E-state index contributed by atoms with van der Waals surface area (Å²) in [4.78, 5) is 25.8. The normalized spacial score (nSPS) is 24.2. The smallest absolute Gasteiger partial charge is 0.306 e. The van der Waals surface area contributed by atoms with Crippen LogP contribution in [0.1, 0.15) is 40.5 Å². The Hall–Kier alpha value is -1.10. The molecule has 0 radical (unpaired) electrons. The Kier molecular flexibility index (Phi) is 5.99. The second-order valence-corrected chi connectivity index (χ2v) is 6.75. The van der Waals surface area contributed by atoms with Gasteiger partial charge in [0.15, 0.2) is 0 Å². The molecule has 2 unspecified atom stereocenters. The highest BCUT2D eigenvalue weighted by molar-refractivity contribution is 5.81. The van der Waals surface area contributed by atoms with Crippen molar-refractivity contribution < 1.29 is 14.3 Å². The van der Waals surface area contributed by atoms with Crippen molar-refractivity contribution >= 4 is 11.9 Å². The number of likely N-dealkylation sites (N-methyl/N-ethyl adjacent to an activating group) is 1. The van der Waals surface area contributed by atoms with E-state index in [1.54, 1.807) is 0 Å². The predicted octanol–water partition coefficient (Wildman–Crippen LogP) is 1.42. The standard InChI is InChI=1S/C15H28N2O3/c1-6-20-13(18)8-11-7-12(10-17(5)9-11)16-14(19)15(2,3)4/h11-12H,6-10H2,1-5H3,(H,16,19). The molecule has 116 valence electrons. The quantitative estimate of drug-likeness (QED) is 0.793. The molecule has 0 aromatic rings. The van der Waals surface area contributed by atoms with Crippen molar-refractivity contribution in [3.63, 3.8) is 0 Å². The number of esters is 1. The highest BCUT2D eigenvalue weighted by atomic mass is 16.5. The van der Waals surface area contributed by atoms with Crippen molar-refractivity contribution in [2.75, 3.05) is 26.7 Å². The first-order valence-corrected chi connectivity index (χ1v) is 7.37. The van der Waals surface area contributed by atoms with Crippen LogP contribution >= 0.6 is 0 Å². The Morgan fingerprint density at radius 2 is 1.95 bits per heavy atom. The molecule has 1 aliphatic rings. The molecule has 5 nitrogen and oxygen atoms in total. The molecule has 1 aliphatic heterocycles. The first-order chi connectivity index (χ1) is 9.22. The van der Waals surface area contributed by atoms with Gasteiger partial charge in [-0.1, -0.05) is 20.8 Å². The van der Waals surface area contributed by atoms with Gasteiger partial charge >= 0.3 is 5.97 Å². The van der Waals surface area contributed by atoms with Crippen LogP contribution in [0, 0.1) is 11.3 Å². The van der Waals surface area contributed by atoms with Gasteiger partial charge in [-0.2, -0.15) is 0 Å². The fourth-order valence-electron chi connectivity index (χ4n) is 2.55. The first kappa shape index (κ1) is 17.0. The SMILES string of the molecule is CCOC(=O)CC1CC(NC(=O)C(C)(C)C)CN(C)C1. The van der Waals surface area contributed by atoms with E-state index in [0.29, 0.717) is 13.0 Å². The lowest BCUT2D eigenvalue weighted by Gasteiger charge is -2.36. The highest BCUT2D eigenvalue weighted by Crippen LogP contribution is 2.21. The summed E-state index contributed by atoms with van der Waals surface area (Å²) in [5, 5.41) is 3.09. The topological polar surface area (TPSA) is 58.6 Å². The van der Waals surface area contributed by atoms with Crippen molar-refractivity contribution in [3.8, 4) is 0 Å². The molecule has 5 heteroatoms. The van der Waals surface area contributed by atoms with Gasteiger partial charge < -0.3 is 15.0 Å². The first-order valence-electron chi connectivity index (χ1n) is 7.37. The van der Waals surface area contributed by atoms with E-state index in [1.165, 1.54) is 0 Å². The van der Waals surface area contributed by atoms with Gasteiger partial charge in [-0.15, -0.1) is 0 Å². The molecule has 1 heterocycles. The van der Waals surface area contributed by atoms with Gasteiger partial charge in [0.25, 0.3) is 0 Å². The van der Waals surface area contributed by atoms with E-state index in [2.05, 4.69) is 10.2 Å². The van der Waals surface area contributed by atoms with E-state index in [4.69, 9.17) is 4.74 Å². The maximum atomic E-state index is 12.0. The lowest BCUT2D eigenvalue weighted by Crippen LogP contribution is -2.52. The van der Waals surface area contributed by atoms with Gasteiger partial charge in [0.1, 0.15) is 0 Å². The summed E-state index contributed by atoms with van der Waals surface area (Å²) in [5.74, 6) is 0.166. The maximum absolute atomic E-state index is 12.0. The lowest BCUT2D eigenvalue weighted by atomic mass is 9.90. The number of piperidine rings is 1. The van der Waals surface area contributed by atoms with Crippen LogP contribution in [0.4, 0.5) is 0 Å². The zero-order valence-electron chi connectivity index (χ0n) is 13.4. The second kappa shape index (κ2) is 7.07. The fourth-order valence-corrected chi connectivity index (χ4v) is 2.55. The number of rotatable bonds is 4. The minimum atomic E-state index is -0.382. The third kappa shape index (κ3) is 5.49. The zero-order valence-corrected chi connectivity index (χ0v) is 13.4. The number of carbonyl (C=O) groups is 2. The summed E-state index contributed by atoms with van der Waals surface area (Å²) < 4.78 is 5.01. The van der Waals surface area contributed by atoms with Crippen LogP contribution in [0.15, 0.2) is 0 Å². The van der Waals surface area contributed by atoms with Gasteiger partial charge in [-0.3, -0.25) is 9.59 Å². The van der Waals surface area contributed by atoms with Crippen molar-refractivity contribution in [2.45, 2.75) is 46.6 Å². The van der Waals surface area contributed by atoms with Crippen LogP contribution in [0.3, 0.4) is 0 Å². The molecule has 0 bridgehead atoms. The largest absolute Gasteiger partial charge is 0.466 e. The molecular weight excluding hydrogens is 256 g/mol. The van der Waals surface area contributed by atoms with E-state index in [0.717, 1.165) is 19.5 Å². The molecule has 0 saturated carbocycles. The number of hydrogen-bond donors (Lipinski definition) is 1. The Morgan fingerprint density at radius 3 is 2.50 bits per heavy atom. The van der Waals surface area contributed by atoms with Crippen molar-refractivity contribution in [2.24, 2.45) is 11.3 Å². The summed E-state index contributed by atoms with van der Waals surface area (Å²) in [6.07, 6.45) is 1.27. The molecule has 0 aromatic heterocycles. The molecule has 0 aliphatic carbocycles. The molecular formula is C15H28N2O3.